The fraction of sp³-hybridized carbons (Fsp3) is 0.483. The number of nitrogens with one attached hydrogen (secondary N) is 2. The zero-order valence-electron chi connectivity index (χ0n) is 22.2. The molecule has 0 spiro atoms. The fourth-order valence-corrected chi connectivity index (χ4v) is 5.11. The molecule has 0 saturated heterocycles. The number of rotatable bonds is 7. The van der Waals surface area contributed by atoms with Gasteiger partial charge < -0.3 is 25.0 Å². The minimum absolute atomic E-state index is 0.0365. The van der Waals surface area contributed by atoms with Crippen LogP contribution >= 0.6 is 0 Å². The average Bonchev–Trinajstić information content (AvgIpc) is 3.67. The van der Waals surface area contributed by atoms with Gasteiger partial charge in [-0.15, -0.1) is 0 Å². The van der Waals surface area contributed by atoms with Crippen LogP contribution < -0.4 is 20.3 Å². The Bertz CT molecular complexity index is 1200. The molecule has 3 atom stereocenters. The number of benzene rings is 2. The van der Waals surface area contributed by atoms with Crippen molar-refractivity contribution in [3.63, 3.8) is 0 Å². The first-order valence-corrected chi connectivity index (χ1v) is 12.8. The number of alkyl carbamates (subject to hydrolysis) is 1. The van der Waals surface area contributed by atoms with Crippen LogP contribution in [-0.4, -0.2) is 36.8 Å². The molecule has 1 aliphatic carbocycles. The summed E-state index contributed by atoms with van der Waals surface area (Å²) in [5, 5.41) is 6.37. The summed E-state index contributed by atoms with van der Waals surface area (Å²) in [6.07, 6.45) is 1.78. The molecule has 8 heteroatoms. The smallest absolute Gasteiger partial charge is 0.407 e. The molecule has 196 valence electrons. The first-order valence-electron chi connectivity index (χ1n) is 12.8. The van der Waals surface area contributed by atoms with Crippen LogP contribution in [0.25, 0.3) is 4.85 Å². The number of anilines is 2. The number of fused-ring (bicyclic) bond motifs is 1. The van der Waals surface area contributed by atoms with E-state index in [4.69, 9.17) is 16.0 Å². The maximum absolute atomic E-state index is 12.7. The largest absolute Gasteiger partial charge is 0.492 e. The lowest BCUT2D eigenvalue weighted by Gasteiger charge is -2.46. The summed E-state index contributed by atoms with van der Waals surface area (Å²) >= 11 is 0. The second kappa shape index (κ2) is 10.7. The summed E-state index contributed by atoms with van der Waals surface area (Å²) in [5.74, 6) is 1.35. The van der Waals surface area contributed by atoms with E-state index in [9.17, 15) is 9.59 Å². The summed E-state index contributed by atoms with van der Waals surface area (Å²) in [7, 11) is 0. The van der Waals surface area contributed by atoms with Crippen LogP contribution in [0.5, 0.6) is 5.75 Å². The molecule has 1 aliphatic heterocycles. The van der Waals surface area contributed by atoms with Crippen LogP contribution in [0.15, 0.2) is 42.5 Å². The number of carbonyl (C=O) groups excluding carboxylic acids is 2. The standard InChI is InChI=1S/C29H36N4O4/c1-18-26(24-17-21(30-6)12-13-25(24)33(19(2)34)27(18)20-10-11-20)32-22-8-7-9-23(16-22)36-15-14-31-28(35)37-29(3,4)5/h7-9,12-13,16-18,20,26-27,32H,10-11,14-15H2,1-5H3,(H,31,35)/t18-,26-,27-/m1/s1. The quantitative estimate of drug-likeness (QED) is 0.353. The van der Waals surface area contributed by atoms with E-state index >= 15 is 0 Å². The molecule has 2 aromatic rings. The normalized spacial score (nSPS) is 20.9. The summed E-state index contributed by atoms with van der Waals surface area (Å²) in [6.45, 7) is 17.4. The molecular formula is C29H36N4O4. The predicted molar refractivity (Wildman–Crippen MR) is 144 cm³/mol. The van der Waals surface area contributed by atoms with Crippen LogP contribution in [0, 0.1) is 18.4 Å². The van der Waals surface area contributed by atoms with E-state index in [1.54, 1.807) is 13.0 Å². The van der Waals surface area contributed by atoms with Crippen LogP contribution in [0.1, 0.15) is 59.1 Å². The van der Waals surface area contributed by atoms with Gasteiger partial charge in [0, 0.05) is 36.3 Å². The number of carbonyl (C=O) groups is 2. The van der Waals surface area contributed by atoms with Crippen molar-refractivity contribution in [2.75, 3.05) is 23.4 Å². The Morgan fingerprint density at radius 2 is 1.92 bits per heavy atom. The zero-order valence-corrected chi connectivity index (χ0v) is 22.2. The number of hydrogen-bond donors (Lipinski definition) is 2. The third kappa shape index (κ3) is 6.34. The molecule has 8 nitrogen and oxygen atoms in total. The molecule has 0 aromatic heterocycles. The highest BCUT2D eigenvalue weighted by Gasteiger charge is 2.47. The van der Waals surface area contributed by atoms with Crippen molar-refractivity contribution in [1.82, 2.24) is 5.32 Å². The number of amides is 2. The van der Waals surface area contributed by atoms with Gasteiger partial charge >= 0.3 is 6.09 Å². The molecule has 1 fully saturated rings. The number of nitrogens with zero attached hydrogens (tertiary/aromatic N) is 2. The first-order chi connectivity index (χ1) is 17.6. The van der Waals surface area contributed by atoms with Crippen molar-refractivity contribution >= 4 is 29.1 Å². The van der Waals surface area contributed by atoms with Crippen LogP contribution in [0.4, 0.5) is 21.9 Å². The van der Waals surface area contributed by atoms with Crippen molar-refractivity contribution in [3.05, 3.63) is 59.4 Å². The van der Waals surface area contributed by atoms with E-state index in [-0.39, 0.29) is 23.9 Å². The van der Waals surface area contributed by atoms with Crippen molar-refractivity contribution in [2.45, 2.75) is 65.1 Å². The summed E-state index contributed by atoms with van der Waals surface area (Å²) < 4.78 is 11.1. The monoisotopic (exact) mass is 504 g/mol. The van der Waals surface area contributed by atoms with E-state index < -0.39 is 11.7 Å². The predicted octanol–water partition coefficient (Wildman–Crippen LogP) is 6.08. The second-order valence-corrected chi connectivity index (χ2v) is 10.9. The molecule has 2 aliphatic rings. The van der Waals surface area contributed by atoms with Crippen molar-refractivity contribution in [3.8, 4) is 5.75 Å². The summed E-state index contributed by atoms with van der Waals surface area (Å²) in [5.41, 5.74) is 2.74. The van der Waals surface area contributed by atoms with E-state index in [0.717, 1.165) is 29.8 Å². The van der Waals surface area contributed by atoms with Crippen LogP contribution in [0.2, 0.25) is 0 Å². The lowest BCUT2D eigenvalue weighted by atomic mass is 9.79. The van der Waals surface area contributed by atoms with Gasteiger partial charge in [0.05, 0.1) is 19.2 Å². The van der Waals surface area contributed by atoms with E-state index in [1.165, 1.54) is 0 Å². The van der Waals surface area contributed by atoms with Gasteiger partial charge in [-0.2, -0.15) is 0 Å². The minimum Gasteiger partial charge on any atom is -0.492 e. The third-order valence-corrected chi connectivity index (χ3v) is 6.74. The molecule has 37 heavy (non-hydrogen) atoms. The molecule has 2 amide bonds. The molecule has 2 N–H and O–H groups in total. The highest BCUT2D eigenvalue weighted by atomic mass is 16.6. The molecule has 0 radical (unpaired) electrons. The van der Waals surface area contributed by atoms with Gasteiger partial charge in [-0.25, -0.2) is 9.64 Å². The fourth-order valence-electron chi connectivity index (χ4n) is 5.11. The number of hydrogen-bond acceptors (Lipinski definition) is 5. The van der Waals surface area contributed by atoms with Gasteiger partial charge in [0.25, 0.3) is 0 Å². The van der Waals surface area contributed by atoms with Gasteiger partial charge in [-0.3, -0.25) is 4.79 Å². The topological polar surface area (TPSA) is 84.3 Å². The van der Waals surface area contributed by atoms with Crippen molar-refractivity contribution in [2.24, 2.45) is 11.8 Å². The van der Waals surface area contributed by atoms with E-state index in [0.29, 0.717) is 30.5 Å². The molecule has 1 heterocycles. The van der Waals surface area contributed by atoms with Gasteiger partial charge in [-0.05, 0) is 69.4 Å². The Balaban J connectivity index is 1.50. The Morgan fingerprint density at radius 1 is 1.16 bits per heavy atom. The van der Waals surface area contributed by atoms with E-state index in [2.05, 4.69) is 22.4 Å². The van der Waals surface area contributed by atoms with Gasteiger partial charge in [-0.1, -0.05) is 19.1 Å². The van der Waals surface area contributed by atoms with Gasteiger partial charge in [0.15, 0.2) is 5.69 Å². The van der Waals surface area contributed by atoms with Crippen molar-refractivity contribution in [1.29, 1.82) is 0 Å². The summed E-state index contributed by atoms with van der Waals surface area (Å²) in [4.78, 5) is 30.1. The Kier molecular flexibility index (Phi) is 7.63. The zero-order chi connectivity index (χ0) is 26.7. The third-order valence-electron chi connectivity index (χ3n) is 6.74. The Hall–Kier alpha value is -3.73. The first kappa shape index (κ1) is 26.3. The molecule has 4 rings (SSSR count). The molecular weight excluding hydrogens is 468 g/mol. The van der Waals surface area contributed by atoms with Gasteiger partial charge in [0.1, 0.15) is 18.0 Å². The maximum Gasteiger partial charge on any atom is 0.407 e. The van der Waals surface area contributed by atoms with Crippen LogP contribution in [-0.2, 0) is 9.53 Å². The lowest BCUT2D eigenvalue weighted by molar-refractivity contribution is -0.117. The van der Waals surface area contributed by atoms with Gasteiger partial charge in [0.2, 0.25) is 5.91 Å². The lowest BCUT2D eigenvalue weighted by Crippen LogP contribution is -2.51. The maximum atomic E-state index is 12.7. The highest BCUT2D eigenvalue weighted by Crippen LogP contribution is 2.50. The SMILES string of the molecule is [C-]#[N+]c1ccc2c(c1)[C@H](Nc1cccc(OCCNC(=O)OC(C)(C)C)c1)[C@@H](C)[C@H](C1CC1)N2C(C)=O. The summed E-state index contributed by atoms with van der Waals surface area (Å²) in [6, 6.07) is 13.4. The van der Waals surface area contributed by atoms with Crippen molar-refractivity contribution < 1.29 is 19.1 Å². The Labute approximate surface area is 219 Å². The van der Waals surface area contributed by atoms with E-state index in [1.807, 2.05) is 62.1 Å². The molecule has 1 saturated carbocycles. The second-order valence-electron chi connectivity index (χ2n) is 10.9. The minimum atomic E-state index is -0.546. The molecule has 2 aromatic carbocycles. The molecule has 0 unspecified atom stereocenters. The Morgan fingerprint density at radius 3 is 2.57 bits per heavy atom. The highest BCUT2D eigenvalue weighted by molar-refractivity contribution is 5.94. The molecule has 0 bridgehead atoms. The average molecular weight is 505 g/mol. The van der Waals surface area contributed by atoms with Crippen LogP contribution in [0.3, 0.4) is 0 Å². The number of ether oxygens (including phenoxy) is 2.